The molecule has 0 spiro atoms. The number of hydrogen-bond donors (Lipinski definition) is 1. The van der Waals surface area contributed by atoms with Gasteiger partial charge in [-0.3, -0.25) is 4.79 Å². The third-order valence-corrected chi connectivity index (χ3v) is 5.36. The van der Waals surface area contributed by atoms with Crippen LogP contribution in [0.2, 0.25) is 0 Å². The van der Waals surface area contributed by atoms with Gasteiger partial charge in [-0.2, -0.15) is 0 Å². The number of hydrogen-bond acceptors (Lipinski definition) is 4. The summed E-state index contributed by atoms with van der Waals surface area (Å²) in [6, 6.07) is 15.8. The standard InChI is InChI=1S/C22H24N2O2S/c1-14(2)17-8-10-18(11-9-17)24-22(25)21-16(4)23-20(27-21)13-26-19-7-5-6-15(3)12-19/h5-12,14H,13H2,1-4H3,(H,24,25). The fourth-order valence-corrected chi connectivity index (χ4v) is 3.59. The Balaban J connectivity index is 1.65. The van der Waals surface area contributed by atoms with Gasteiger partial charge in [0.05, 0.1) is 5.69 Å². The van der Waals surface area contributed by atoms with Crippen molar-refractivity contribution in [3.8, 4) is 5.75 Å². The van der Waals surface area contributed by atoms with E-state index in [1.54, 1.807) is 0 Å². The van der Waals surface area contributed by atoms with Gasteiger partial charge in [0.2, 0.25) is 0 Å². The number of ether oxygens (including phenoxy) is 1. The number of nitrogens with zero attached hydrogens (tertiary/aromatic N) is 1. The molecular weight excluding hydrogens is 356 g/mol. The molecule has 0 unspecified atom stereocenters. The number of anilines is 1. The number of carbonyl (C=O) groups excluding carboxylic acids is 1. The lowest BCUT2D eigenvalue weighted by molar-refractivity contribution is 0.103. The number of thiazole rings is 1. The maximum Gasteiger partial charge on any atom is 0.267 e. The Hall–Kier alpha value is -2.66. The molecule has 0 bridgehead atoms. The smallest absolute Gasteiger partial charge is 0.267 e. The lowest BCUT2D eigenvalue weighted by atomic mass is 10.0. The van der Waals surface area contributed by atoms with Gasteiger partial charge in [0, 0.05) is 5.69 Å². The predicted molar refractivity (Wildman–Crippen MR) is 111 cm³/mol. The third-order valence-electron chi connectivity index (χ3n) is 4.23. The van der Waals surface area contributed by atoms with Gasteiger partial charge in [0.1, 0.15) is 22.2 Å². The topological polar surface area (TPSA) is 51.2 Å². The van der Waals surface area contributed by atoms with Gasteiger partial charge in [0.25, 0.3) is 5.91 Å². The quantitative estimate of drug-likeness (QED) is 0.595. The van der Waals surface area contributed by atoms with E-state index in [1.807, 2.05) is 62.4 Å². The molecule has 0 fully saturated rings. The van der Waals surface area contributed by atoms with Crippen molar-refractivity contribution < 1.29 is 9.53 Å². The minimum atomic E-state index is -0.135. The molecule has 1 amide bonds. The molecule has 0 saturated carbocycles. The molecule has 0 aliphatic rings. The molecule has 0 aliphatic carbocycles. The Morgan fingerprint density at radius 2 is 1.89 bits per heavy atom. The normalized spacial score (nSPS) is 10.9. The van der Waals surface area contributed by atoms with Gasteiger partial charge in [-0.15, -0.1) is 11.3 Å². The van der Waals surface area contributed by atoms with E-state index in [0.717, 1.165) is 27.7 Å². The fourth-order valence-electron chi connectivity index (χ4n) is 2.71. The van der Waals surface area contributed by atoms with E-state index in [-0.39, 0.29) is 5.91 Å². The average Bonchev–Trinajstić information content (AvgIpc) is 3.01. The molecule has 0 aliphatic heterocycles. The highest BCUT2D eigenvalue weighted by Gasteiger charge is 2.16. The molecule has 27 heavy (non-hydrogen) atoms. The van der Waals surface area contributed by atoms with Crippen molar-refractivity contribution in [2.45, 2.75) is 40.2 Å². The highest BCUT2D eigenvalue weighted by atomic mass is 32.1. The SMILES string of the molecule is Cc1cccc(OCc2nc(C)c(C(=O)Nc3ccc(C(C)C)cc3)s2)c1. The van der Waals surface area contributed by atoms with Crippen LogP contribution in [0.25, 0.3) is 0 Å². The van der Waals surface area contributed by atoms with Gasteiger partial charge in [-0.05, 0) is 55.2 Å². The first-order valence-electron chi connectivity index (χ1n) is 8.99. The van der Waals surface area contributed by atoms with E-state index < -0.39 is 0 Å². The summed E-state index contributed by atoms with van der Waals surface area (Å²) in [6.45, 7) is 8.52. The second kappa shape index (κ2) is 8.35. The lowest BCUT2D eigenvalue weighted by Crippen LogP contribution is -2.11. The highest BCUT2D eigenvalue weighted by molar-refractivity contribution is 7.13. The minimum Gasteiger partial charge on any atom is -0.486 e. The van der Waals surface area contributed by atoms with Gasteiger partial charge < -0.3 is 10.1 Å². The molecule has 1 N–H and O–H groups in total. The van der Waals surface area contributed by atoms with Crippen molar-refractivity contribution in [2.24, 2.45) is 0 Å². The van der Waals surface area contributed by atoms with Crippen LogP contribution < -0.4 is 10.1 Å². The van der Waals surface area contributed by atoms with Crippen LogP contribution in [0.5, 0.6) is 5.75 Å². The van der Waals surface area contributed by atoms with Crippen LogP contribution in [0.15, 0.2) is 48.5 Å². The molecule has 0 atom stereocenters. The van der Waals surface area contributed by atoms with Crippen molar-refractivity contribution in [1.29, 1.82) is 0 Å². The lowest BCUT2D eigenvalue weighted by Gasteiger charge is -2.08. The first-order chi connectivity index (χ1) is 12.9. The largest absolute Gasteiger partial charge is 0.486 e. The maximum absolute atomic E-state index is 12.6. The Bertz CT molecular complexity index is 930. The summed E-state index contributed by atoms with van der Waals surface area (Å²) < 4.78 is 5.79. The first kappa shape index (κ1) is 19.1. The van der Waals surface area contributed by atoms with Gasteiger partial charge in [0.15, 0.2) is 0 Å². The van der Waals surface area contributed by atoms with Crippen molar-refractivity contribution in [2.75, 3.05) is 5.32 Å². The van der Waals surface area contributed by atoms with E-state index in [4.69, 9.17) is 4.74 Å². The van der Waals surface area contributed by atoms with E-state index >= 15 is 0 Å². The summed E-state index contributed by atoms with van der Waals surface area (Å²) in [5.41, 5.74) is 3.90. The zero-order chi connectivity index (χ0) is 19.4. The van der Waals surface area contributed by atoms with Gasteiger partial charge >= 0.3 is 0 Å². The van der Waals surface area contributed by atoms with Crippen LogP contribution in [0, 0.1) is 13.8 Å². The molecular formula is C22H24N2O2S. The molecule has 1 aromatic heterocycles. The number of nitrogens with one attached hydrogen (secondary N) is 1. The molecule has 1 heterocycles. The number of benzene rings is 2. The molecule has 0 radical (unpaired) electrons. The molecule has 2 aromatic carbocycles. The summed E-state index contributed by atoms with van der Waals surface area (Å²) in [6.07, 6.45) is 0. The predicted octanol–water partition coefficient (Wildman–Crippen LogP) is 5.71. The Morgan fingerprint density at radius 1 is 1.15 bits per heavy atom. The maximum atomic E-state index is 12.6. The number of amides is 1. The number of carbonyl (C=O) groups is 1. The Labute approximate surface area is 164 Å². The van der Waals surface area contributed by atoms with Gasteiger partial charge in [-0.1, -0.05) is 38.1 Å². The van der Waals surface area contributed by atoms with Crippen LogP contribution in [0.4, 0.5) is 5.69 Å². The third kappa shape index (κ3) is 4.95. The summed E-state index contributed by atoms with van der Waals surface area (Å²) in [4.78, 5) is 17.7. The number of rotatable bonds is 6. The summed E-state index contributed by atoms with van der Waals surface area (Å²) in [7, 11) is 0. The van der Waals surface area contributed by atoms with Crippen LogP contribution in [0.1, 0.15) is 51.3 Å². The second-order valence-electron chi connectivity index (χ2n) is 6.86. The Morgan fingerprint density at radius 3 is 2.56 bits per heavy atom. The van der Waals surface area contributed by atoms with Gasteiger partial charge in [-0.25, -0.2) is 4.98 Å². The monoisotopic (exact) mass is 380 g/mol. The molecule has 3 aromatic rings. The number of aryl methyl sites for hydroxylation is 2. The van der Waals surface area contributed by atoms with Crippen molar-refractivity contribution in [3.05, 3.63) is 75.2 Å². The summed E-state index contributed by atoms with van der Waals surface area (Å²) >= 11 is 1.37. The van der Waals surface area contributed by atoms with Crippen molar-refractivity contribution in [3.63, 3.8) is 0 Å². The van der Waals surface area contributed by atoms with Crippen LogP contribution in [0.3, 0.4) is 0 Å². The molecule has 4 nitrogen and oxygen atoms in total. The van der Waals surface area contributed by atoms with E-state index in [2.05, 4.69) is 24.1 Å². The summed E-state index contributed by atoms with van der Waals surface area (Å²) in [5.74, 6) is 1.14. The average molecular weight is 381 g/mol. The minimum absolute atomic E-state index is 0.135. The fraction of sp³-hybridized carbons (Fsp3) is 0.273. The zero-order valence-corrected chi connectivity index (χ0v) is 16.9. The first-order valence-corrected chi connectivity index (χ1v) is 9.81. The molecule has 0 saturated heterocycles. The summed E-state index contributed by atoms with van der Waals surface area (Å²) in [5, 5.41) is 3.74. The van der Waals surface area contributed by atoms with Crippen LogP contribution >= 0.6 is 11.3 Å². The van der Waals surface area contributed by atoms with Crippen molar-refractivity contribution >= 4 is 22.9 Å². The number of aromatic nitrogens is 1. The zero-order valence-electron chi connectivity index (χ0n) is 16.1. The Kier molecular flexibility index (Phi) is 5.91. The highest BCUT2D eigenvalue weighted by Crippen LogP contribution is 2.23. The second-order valence-corrected chi connectivity index (χ2v) is 7.94. The molecule has 5 heteroatoms. The molecule has 140 valence electrons. The van der Waals surface area contributed by atoms with E-state index in [1.165, 1.54) is 16.9 Å². The van der Waals surface area contributed by atoms with Crippen LogP contribution in [-0.2, 0) is 6.61 Å². The molecule has 3 rings (SSSR count). The van der Waals surface area contributed by atoms with Crippen molar-refractivity contribution in [1.82, 2.24) is 4.98 Å². The van der Waals surface area contributed by atoms with E-state index in [0.29, 0.717) is 17.4 Å². The van der Waals surface area contributed by atoms with E-state index in [9.17, 15) is 4.79 Å². The van der Waals surface area contributed by atoms with Crippen LogP contribution in [-0.4, -0.2) is 10.9 Å².